The molecule has 5 heteroatoms. The van der Waals surface area contributed by atoms with Gasteiger partial charge >= 0.3 is 0 Å². The molecule has 0 saturated heterocycles. The summed E-state index contributed by atoms with van der Waals surface area (Å²) in [6.07, 6.45) is 13.6. The molecule has 0 N–H and O–H groups in total. The van der Waals surface area contributed by atoms with Gasteiger partial charge in [-0.05, 0) is 26.0 Å². The first kappa shape index (κ1) is 22.3. The monoisotopic (exact) mass is 364 g/mol. The predicted octanol–water partition coefficient (Wildman–Crippen LogP) is 6.57. The highest BCUT2D eigenvalue weighted by atomic mass is 32.2. The molecule has 2 nitrogen and oxygen atoms in total. The van der Waals surface area contributed by atoms with Crippen LogP contribution in [0.4, 0.5) is 0 Å². The maximum absolute atomic E-state index is 10.4. The fourth-order valence-electron chi connectivity index (χ4n) is 2.12. The molecule has 0 aromatic carbocycles. The standard InChI is InChI=1S/C17H32O2S3/c1-4-5-6-7-8-9-10-11-12-13-14-21-16(20)22-17(2,3)19-15-18/h15H,4-14H2,1-3H3. The van der Waals surface area contributed by atoms with Gasteiger partial charge in [0, 0.05) is 0 Å². The van der Waals surface area contributed by atoms with Gasteiger partial charge in [-0.15, -0.1) is 11.8 Å². The van der Waals surface area contributed by atoms with Gasteiger partial charge in [-0.1, -0.05) is 88.7 Å². The molecule has 0 saturated carbocycles. The van der Waals surface area contributed by atoms with Crippen LogP contribution in [0.3, 0.4) is 0 Å². The van der Waals surface area contributed by atoms with Gasteiger partial charge in [0.15, 0.2) is 4.93 Å². The minimum Gasteiger partial charge on any atom is -0.450 e. The molecule has 130 valence electrons. The first-order valence-corrected chi connectivity index (χ1v) is 10.7. The quantitative estimate of drug-likeness (QED) is 0.150. The van der Waals surface area contributed by atoms with E-state index in [2.05, 4.69) is 6.92 Å². The number of rotatable bonds is 14. The molecule has 0 aliphatic heterocycles. The zero-order chi connectivity index (χ0) is 16.7. The zero-order valence-corrected chi connectivity index (χ0v) is 16.8. The van der Waals surface area contributed by atoms with Crippen molar-refractivity contribution in [3.8, 4) is 0 Å². The number of ether oxygens (including phenoxy) is 1. The molecular weight excluding hydrogens is 332 g/mol. The Morgan fingerprint density at radius 2 is 1.50 bits per heavy atom. The third kappa shape index (κ3) is 15.2. The van der Waals surface area contributed by atoms with Gasteiger partial charge in [-0.3, -0.25) is 4.79 Å². The molecule has 0 spiro atoms. The van der Waals surface area contributed by atoms with Crippen LogP contribution < -0.4 is 0 Å². The first-order chi connectivity index (χ1) is 10.5. The minimum absolute atomic E-state index is 0.489. The summed E-state index contributed by atoms with van der Waals surface area (Å²) in [4.78, 5) is 9.82. The van der Waals surface area contributed by atoms with Gasteiger partial charge in [0.25, 0.3) is 6.47 Å². The van der Waals surface area contributed by atoms with Crippen molar-refractivity contribution in [2.24, 2.45) is 0 Å². The smallest absolute Gasteiger partial charge is 0.294 e. The lowest BCUT2D eigenvalue weighted by atomic mass is 10.1. The van der Waals surface area contributed by atoms with Gasteiger partial charge in [0.1, 0.15) is 3.53 Å². The summed E-state index contributed by atoms with van der Waals surface area (Å²) >= 11 is 8.47. The minimum atomic E-state index is -0.552. The second-order valence-electron chi connectivity index (χ2n) is 6.00. The highest BCUT2D eigenvalue weighted by Crippen LogP contribution is 2.31. The molecule has 0 fully saturated rings. The van der Waals surface area contributed by atoms with Crippen molar-refractivity contribution < 1.29 is 9.53 Å². The summed E-state index contributed by atoms with van der Waals surface area (Å²) in [5.74, 6) is 1.07. The Morgan fingerprint density at radius 1 is 1.00 bits per heavy atom. The summed E-state index contributed by atoms with van der Waals surface area (Å²) in [7, 11) is 0. The van der Waals surface area contributed by atoms with Crippen LogP contribution in [0.2, 0.25) is 0 Å². The van der Waals surface area contributed by atoms with Gasteiger partial charge in [0.2, 0.25) is 0 Å². The molecular formula is C17H32O2S3. The number of carbonyl (C=O) groups excluding carboxylic acids is 1. The van der Waals surface area contributed by atoms with Crippen LogP contribution in [0.5, 0.6) is 0 Å². The van der Waals surface area contributed by atoms with Gasteiger partial charge < -0.3 is 4.74 Å². The maximum atomic E-state index is 10.4. The SMILES string of the molecule is CCCCCCCCCCCCSC(=S)SC(C)(C)OC=O. The molecule has 0 aromatic rings. The van der Waals surface area contributed by atoms with Crippen LogP contribution in [-0.4, -0.2) is 20.7 Å². The fourth-order valence-corrected chi connectivity index (χ4v) is 5.06. The third-order valence-electron chi connectivity index (χ3n) is 3.38. The van der Waals surface area contributed by atoms with Crippen LogP contribution in [0.15, 0.2) is 0 Å². The number of hydrogen-bond acceptors (Lipinski definition) is 5. The molecule has 0 amide bonds. The first-order valence-electron chi connectivity index (χ1n) is 8.49. The Balaban J connectivity index is 3.35. The summed E-state index contributed by atoms with van der Waals surface area (Å²) in [5, 5.41) is 0. The van der Waals surface area contributed by atoms with Gasteiger partial charge in [-0.25, -0.2) is 0 Å². The van der Waals surface area contributed by atoms with Crippen molar-refractivity contribution >= 4 is 45.7 Å². The summed E-state index contributed by atoms with van der Waals surface area (Å²) in [5.41, 5.74) is 0. The summed E-state index contributed by atoms with van der Waals surface area (Å²) in [6, 6.07) is 0. The normalized spacial score (nSPS) is 11.4. The van der Waals surface area contributed by atoms with Crippen LogP contribution in [0.25, 0.3) is 0 Å². The molecule has 0 atom stereocenters. The Bertz CT molecular complexity index is 294. The van der Waals surface area contributed by atoms with E-state index < -0.39 is 4.93 Å². The molecule has 0 unspecified atom stereocenters. The lowest BCUT2D eigenvalue weighted by Gasteiger charge is -2.21. The molecule has 22 heavy (non-hydrogen) atoms. The van der Waals surface area contributed by atoms with E-state index in [9.17, 15) is 4.79 Å². The Kier molecular flexibility index (Phi) is 15.0. The second-order valence-corrected chi connectivity index (χ2v) is 9.88. The van der Waals surface area contributed by atoms with E-state index in [-0.39, 0.29) is 0 Å². The van der Waals surface area contributed by atoms with Crippen molar-refractivity contribution in [2.75, 3.05) is 5.75 Å². The molecule has 0 rings (SSSR count). The van der Waals surface area contributed by atoms with E-state index in [1.54, 1.807) is 11.8 Å². The van der Waals surface area contributed by atoms with E-state index in [1.807, 2.05) is 13.8 Å². The lowest BCUT2D eigenvalue weighted by Crippen LogP contribution is -2.20. The fraction of sp³-hybridized carbons (Fsp3) is 0.882. The van der Waals surface area contributed by atoms with Crippen molar-refractivity contribution in [3.05, 3.63) is 0 Å². The molecule has 0 bridgehead atoms. The zero-order valence-electron chi connectivity index (χ0n) is 14.4. The topological polar surface area (TPSA) is 26.3 Å². The van der Waals surface area contributed by atoms with E-state index >= 15 is 0 Å². The largest absolute Gasteiger partial charge is 0.450 e. The number of thiocarbonyl (C=S) groups is 1. The Labute approximate surface area is 150 Å². The molecule has 0 aromatic heterocycles. The number of carbonyl (C=O) groups is 1. The number of unbranched alkanes of at least 4 members (excludes halogenated alkanes) is 9. The predicted molar refractivity (Wildman–Crippen MR) is 106 cm³/mol. The average molecular weight is 365 g/mol. The van der Waals surface area contributed by atoms with Crippen molar-refractivity contribution in [3.63, 3.8) is 0 Å². The van der Waals surface area contributed by atoms with Crippen molar-refractivity contribution in [2.45, 2.75) is 89.9 Å². The van der Waals surface area contributed by atoms with Gasteiger partial charge in [0.05, 0.1) is 0 Å². The van der Waals surface area contributed by atoms with E-state index in [1.165, 1.54) is 76.0 Å². The number of hydrogen-bond donors (Lipinski definition) is 0. The van der Waals surface area contributed by atoms with E-state index in [4.69, 9.17) is 17.0 Å². The second kappa shape index (κ2) is 14.8. The number of thioether (sulfide) groups is 2. The maximum Gasteiger partial charge on any atom is 0.294 e. The van der Waals surface area contributed by atoms with E-state index in [0.29, 0.717) is 6.47 Å². The highest BCUT2D eigenvalue weighted by molar-refractivity contribution is 8.47. The van der Waals surface area contributed by atoms with Crippen LogP contribution in [-0.2, 0) is 9.53 Å². The molecule has 0 heterocycles. The highest BCUT2D eigenvalue weighted by Gasteiger charge is 2.21. The van der Waals surface area contributed by atoms with Crippen molar-refractivity contribution in [1.82, 2.24) is 0 Å². The molecule has 0 aliphatic carbocycles. The van der Waals surface area contributed by atoms with Crippen molar-refractivity contribution in [1.29, 1.82) is 0 Å². The Hall–Kier alpha value is 0.260. The molecule has 0 aliphatic rings. The van der Waals surface area contributed by atoms with Gasteiger partial charge in [-0.2, -0.15) is 0 Å². The van der Waals surface area contributed by atoms with Crippen LogP contribution in [0, 0.1) is 0 Å². The van der Waals surface area contributed by atoms with Crippen LogP contribution in [0.1, 0.15) is 85.0 Å². The summed E-state index contributed by atoms with van der Waals surface area (Å²) < 4.78 is 5.85. The summed E-state index contributed by atoms with van der Waals surface area (Å²) in [6.45, 7) is 6.47. The average Bonchev–Trinajstić information content (AvgIpc) is 2.44. The molecule has 0 radical (unpaired) electrons. The van der Waals surface area contributed by atoms with E-state index in [0.717, 1.165) is 9.28 Å². The third-order valence-corrected chi connectivity index (χ3v) is 6.07. The lowest BCUT2D eigenvalue weighted by molar-refractivity contribution is -0.133. The van der Waals surface area contributed by atoms with Crippen LogP contribution >= 0.6 is 35.7 Å². The Morgan fingerprint density at radius 3 is 2.00 bits per heavy atom.